The van der Waals surface area contributed by atoms with Crippen LogP contribution in [-0.2, 0) is 0 Å². The Morgan fingerprint density at radius 2 is 1.91 bits per heavy atom. The number of piperidine rings is 2. The first kappa shape index (κ1) is 24.3. The van der Waals surface area contributed by atoms with E-state index >= 15 is 0 Å². The molecule has 2 aliphatic heterocycles. The summed E-state index contributed by atoms with van der Waals surface area (Å²) in [4.78, 5) is 18.2. The summed E-state index contributed by atoms with van der Waals surface area (Å²) in [6.07, 6.45) is 16.4. The number of halogens is 1. The zero-order chi connectivity index (χ0) is 23.0. The molecule has 3 aliphatic rings. The van der Waals surface area contributed by atoms with Crippen molar-refractivity contribution in [2.24, 2.45) is 5.92 Å². The van der Waals surface area contributed by atoms with Gasteiger partial charge in [0.2, 0.25) is 0 Å². The number of hydrogen-bond acceptors (Lipinski definition) is 3. The number of nitrogens with one attached hydrogen (secondary N) is 1. The van der Waals surface area contributed by atoms with Gasteiger partial charge in [0.1, 0.15) is 0 Å². The van der Waals surface area contributed by atoms with Crippen LogP contribution in [0.25, 0.3) is 0 Å². The van der Waals surface area contributed by atoms with Crippen molar-refractivity contribution < 1.29 is 4.79 Å². The van der Waals surface area contributed by atoms with E-state index in [2.05, 4.69) is 56.2 Å². The van der Waals surface area contributed by atoms with Crippen molar-refractivity contribution in [1.82, 2.24) is 15.1 Å². The van der Waals surface area contributed by atoms with Gasteiger partial charge in [-0.3, -0.25) is 4.79 Å². The van der Waals surface area contributed by atoms with Gasteiger partial charge >= 0.3 is 0 Å². The molecule has 0 aromatic heterocycles. The second-order valence-corrected chi connectivity index (χ2v) is 10.7. The van der Waals surface area contributed by atoms with E-state index < -0.39 is 0 Å². The normalized spacial score (nSPS) is 20.9. The predicted molar refractivity (Wildman–Crippen MR) is 140 cm³/mol. The lowest BCUT2D eigenvalue weighted by Crippen LogP contribution is -2.39. The average Bonchev–Trinajstić information content (AvgIpc) is 2.82. The molecule has 2 saturated heterocycles. The molecule has 0 unspecified atom stereocenters. The minimum absolute atomic E-state index is 0.0572. The Kier molecular flexibility index (Phi) is 8.85. The summed E-state index contributed by atoms with van der Waals surface area (Å²) in [5.41, 5.74) is 4.20. The Balaban J connectivity index is 1.41. The second kappa shape index (κ2) is 12.0. The van der Waals surface area contributed by atoms with Gasteiger partial charge < -0.3 is 15.1 Å². The lowest BCUT2D eigenvalue weighted by molar-refractivity contribution is 0.0963. The smallest absolute Gasteiger partial charge is 0.255 e. The number of amides is 1. The minimum Gasteiger partial charge on any atom is -0.370 e. The highest BCUT2D eigenvalue weighted by atomic mass is 79.9. The number of carbonyl (C=O) groups excluding carboxylic acids is 1. The van der Waals surface area contributed by atoms with Crippen LogP contribution < -0.4 is 5.32 Å². The van der Waals surface area contributed by atoms with Gasteiger partial charge in [-0.2, -0.15) is 0 Å². The average molecular weight is 513 g/mol. The predicted octanol–water partition coefficient (Wildman–Crippen LogP) is 6.27. The molecular formula is C28H38BrN3O. The van der Waals surface area contributed by atoms with Gasteiger partial charge in [0, 0.05) is 23.1 Å². The summed E-state index contributed by atoms with van der Waals surface area (Å²) in [6, 6.07) is 7.59. The molecule has 4 rings (SSSR count). The zero-order valence-corrected chi connectivity index (χ0v) is 21.6. The van der Waals surface area contributed by atoms with E-state index in [1.807, 2.05) is 24.3 Å². The van der Waals surface area contributed by atoms with E-state index in [0.29, 0.717) is 5.56 Å². The molecule has 1 aromatic carbocycles. The van der Waals surface area contributed by atoms with Crippen LogP contribution in [0, 0.1) is 5.92 Å². The van der Waals surface area contributed by atoms with Crippen molar-refractivity contribution >= 4 is 21.8 Å². The van der Waals surface area contributed by atoms with E-state index in [0.717, 1.165) is 42.0 Å². The standard InChI is InChI=1S/C28H38BrN3O/c1-22-9-4-2-5-12-26(30-28(33)24-10-8-11-25(29)21-24)27(22)32-19-14-23(15-20-32)13-18-31-16-6-3-7-17-31/h2,5,8,10-12,21,23H,3-4,6-7,9,13-20H2,1H3,(H,30,33). The largest absolute Gasteiger partial charge is 0.370 e. The molecule has 33 heavy (non-hydrogen) atoms. The Morgan fingerprint density at radius 1 is 1.12 bits per heavy atom. The molecule has 2 fully saturated rings. The van der Waals surface area contributed by atoms with Gasteiger partial charge in [0.05, 0.1) is 11.4 Å². The maximum absolute atomic E-state index is 13.0. The number of likely N-dealkylation sites (tertiary alicyclic amines) is 2. The van der Waals surface area contributed by atoms with Crippen molar-refractivity contribution in [3.8, 4) is 0 Å². The Labute approximate surface area is 207 Å². The molecule has 1 aliphatic carbocycles. The summed E-state index contributed by atoms with van der Waals surface area (Å²) in [6.45, 7) is 8.24. The van der Waals surface area contributed by atoms with E-state index in [4.69, 9.17) is 0 Å². The molecule has 0 saturated carbocycles. The molecule has 0 atom stereocenters. The van der Waals surface area contributed by atoms with Gasteiger partial charge in [-0.25, -0.2) is 0 Å². The number of carbonyl (C=O) groups is 1. The summed E-state index contributed by atoms with van der Waals surface area (Å²) >= 11 is 3.48. The van der Waals surface area contributed by atoms with Crippen molar-refractivity contribution in [3.05, 3.63) is 69.5 Å². The molecule has 178 valence electrons. The van der Waals surface area contributed by atoms with E-state index in [-0.39, 0.29) is 5.91 Å². The maximum Gasteiger partial charge on any atom is 0.255 e. The van der Waals surface area contributed by atoms with Gasteiger partial charge in [0.25, 0.3) is 5.91 Å². The van der Waals surface area contributed by atoms with Crippen molar-refractivity contribution in [2.75, 3.05) is 32.7 Å². The lowest BCUT2D eigenvalue weighted by atomic mass is 9.91. The zero-order valence-electron chi connectivity index (χ0n) is 20.0. The fourth-order valence-corrected chi connectivity index (χ4v) is 5.75. The van der Waals surface area contributed by atoms with Crippen LogP contribution in [-0.4, -0.2) is 48.4 Å². The molecule has 5 heteroatoms. The molecule has 2 heterocycles. The summed E-state index contributed by atoms with van der Waals surface area (Å²) < 4.78 is 0.917. The lowest BCUT2D eigenvalue weighted by Gasteiger charge is -2.38. The quantitative estimate of drug-likeness (QED) is 0.488. The molecule has 1 amide bonds. The van der Waals surface area contributed by atoms with E-state index in [1.165, 1.54) is 69.4 Å². The summed E-state index contributed by atoms with van der Waals surface area (Å²) in [5.74, 6) is 0.763. The first-order valence-electron chi connectivity index (χ1n) is 12.7. The highest BCUT2D eigenvalue weighted by Crippen LogP contribution is 2.30. The first-order chi connectivity index (χ1) is 16.1. The van der Waals surface area contributed by atoms with Crippen LogP contribution in [0.1, 0.15) is 68.6 Å². The van der Waals surface area contributed by atoms with Crippen molar-refractivity contribution in [3.63, 3.8) is 0 Å². The number of benzene rings is 1. The van der Waals surface area contributed by atoms with Crippen LogP contribution in [0.3, 0.4) is 0 Å². The summed E-state index contributed by atoms with van der Waals surface area (Å²) in [7, 11) is 0. The molecule has 4 nitrogen and oxygen atoms in total. The molecule has 0 bridgehead atoms. The second-order valence-electron chi connectivity index (χ2n) is 9.76. The molecule has 0 radical (unpaired) electrons. The van der Waals surface area contributed by atoms with E-state index in [9.17, 15) is 4.79 Å². The molecule has 1 N–H and O–H groups in total. The molecular weight excluding hydrogens is 474 g/mol. The third kappa shape index (κ3) is 6.83. The van der Waals surface area contributed by atoms with Gasteiger partial charge in [0.15, 0.2) is 0 Å². The molecule has 1 aromatic rings. The fraction of sp³-hybridized carbons (Fsp3) is 0.536. The van der Waals surface area contributed by atoms with E-state index in [1.54, 1.807) is 0 Å². The molecule has 0 spiro atoms. The first-order valence-corrected chi connectivity index (χ1v) is 13.5. The fourth-order valence-electron chi connectivity index (χ4n) is 5.35. The number of allylic oxidation sites excluding steroid dienone is 4. The topological polar surface area (TPSA) is 35.6 Å². The van der Waals surface area contributed by atoms with Gasteiger partial charge in [-0.15, -0.1) is 0 Å². The highest BCUT2D eigenvalue weighted by Gasteiger charge is 2.25. The van der Waals surface area contributed by atoms with Crippen molar-refractivity contribution in [1.29, 1.82) is 0 Å². The highest BCUT2D eigenvalue weighted by molar-refractivity contribution is 9.10. The maximum atomic E-state index is 13.0. The van der Waals surface area contributed by atoms with Crippen molar-refractivity contribution in [2.45, 2.75) is 58.3 Å². The number of hydrogen-bond donors (Lipinski definition) is 1. The monoisotopic (exact) mass is 511 g/mol. The van der Waals surface area contributed by atoms with Crippen LogP contribution in [0.5, 0.6) is 0 Å². The van der Waals surface area contributed by atoms with Gasteiger partial charge in [-0.05, 0) is 107 Å². The van der Waals surface area contributed by atoms with Gasteiger partial charge in [-0.1, -0.05) is 40.6 Å². The number of nitrogens with zero attached hydrogens (tertiary/aromatic N) is 2. The SMILES string of the molecule is CC1=C(N2CCC(CCN3CCCCC3)CC2)C(NC(=O)c2cccc(Br)c2)=CC=CCC1. The van der Waals surface area contributed by atoms with Crippen LogP contribution in [0.15, 0.2) is 63.9 Å². The summed E-state index contributed by atoms with van der Waals surface area (Å²) in [5, 5.41) is 3.23. The Hall–Kier alpha value is -1.85. The van der Waals surface area contributed by atoms with Crippen LogP contribution >= 0.6 is 15.9 Å². The third-order valence-electron chi connectivity index (χ3n) is 7.31. The van der Waals surface area contributed by atoms with Crippen LogP contribution in [0.4, 0.5) is 0 Å². The van der Waals surface area contributed by atoms with Crippen LogP contribution in [0.2, 0.25) is 0 Å². The number of rotatable bonds is 6. The Bertz CT molecular complexity index is 905. The third-order valence-corrected chi connectivity index (χ3v) is 7.81. The minimum atomic E-state index is -0.0572. The Morgan fingerprint density at radius 3 is 2.67 bits per heavy atom.